The highest BCUT2D eigenvalue weighted by Crippen LogP contribution is 2.33. The van der Waals surface area contributed by atoms with Gasteiger partial charge in [-0.15, -0.1) is 12.4 Å². The zero-order valence-electron chi connectivity index (χ0n) is 18.3. The van der Waals surface area contributed by atoms with Crippen molar-refractivity contribution in [1.29, 1.82) is 0 Å². The molecule has 1 aromatic heterocycles. The molecule has 2 heterocycles. The molecule has 33 heavy (non-hydrogen) atoms. The average molecular weight is 510 g/mol. The standard InChI is InChI=1S/C22H23N3O5S2.ClH/c1-24(2)10-11-25(21(26)9-5-15-4-8-18-19(12-15)30-14-29-18)22-23-17-7-6-16(32(3,27)28)13-20(17)31-22;/h4-9,12-13H,10-11,14H2,1-3H3;1H. The molecule has 0 N–H and O–H groups in total. The molecular formula is C22H24ClN3O5S2. The van der Waals surface area contributed by atoms with Crippen LogP contribution in [-0.4, -0.2) is 64.4 Å². The largest absolute Gasteiger partial charge is 0.454 e. The number of rotatable bonds is 7. The third-order valence-corrected chi connectivity index (χ3v) is 7.01. The number of carbonyl (C=O) groups excluding carboxylic acids is 1. The van der Waals surface area contributed by atoms with E-state index in [0.29, 0.717) is 39.9 Å². The van der Waals surface area contributed by atoms with Gasteiger partial charge in [-0.1, -0.05) is 17.4 Å². The van der Waals surface area contributed by atoms with E-state index in [-0.39, 0.29) is 30.0 Å². The van der Waals surface area contributed by atoms with E-state index in [4.69, 9.17) is 9.47 Å². The van der Waals surface area contributed by atoms with Crippen molar-refractivity contribution in [3.05, 3.63) is 48.0 Å². The van der Waals surface area contributed by atoms with Gasteiger partial charge in [0, 0.05) is 25.4 Å². The Bertz CT molecular complexity index is 1300. The van der Waals surface area contributed by atoms with Gasteiger partial charge in [0.15, 0.2) is 26.5 Å². The van der Waals surface area contributed by atoms with Crippen molar-refractivity contribution in [1.82, 2.24) is 9.88 Å². The zero-order valence-corrected chi connectivity index (χ0v) is 20.8. The molecule has 0 aliphatic carbocycles. The summed E-state index contributed by atoms with van der Waals surface area (Å²) in [5, 5.41) is 0.521. The molecule has 0 spiro atoms. The first-order chi connectivity index (χ1) is 15.2. The molecule has 176 valence electrons. The first kappa shape index (κ1) is 25.0. The SMILES string of the molecule is CN(C)CCN(C(=O)C=Cc1ccc2c(c1)OCO2)c1nc2ccc(S(C)(=O)=O)cc2s1.Cl. The maximum absolute atomic E-state index is 13.1. The number of carbonyl (C=O) groups is 1. The molecule has 0 saturated carbocycles. The summed E-state index contributed by atoms with van der Waals surface area (Å²) in [7, 11) is 0.539. The number of likely N-dealkylation sites (N-methyl/N-ethyl adjacent to an activating group) is 1. The molecule has 0 unspecified atom stereocenters. The number of anilines is 1. The van der Waals surface area contributed by atoms with Gasteiger partial charge in [0.25, 0.3) is 5.91 Å². The molecule has 0 atom stereocenters. The van der Waals surface area contributed by atoms with Crippen LogP contribution in [0.2, 0.25) is 0 Å². The lowest BCUT2D eigenvalue weighted by atomic mass is 10.2. The third kappa shape index (κ3) is 5.83. The number of nitrogens with zero attached hydrogens (tertiary/aromatic N) is 3. The van der Waals surface area contributed by atoms with Crippen molar-refractivity contribution in [3.8, 4) is 11.5 Å². The van der Waals surface area contributed by atoms with E-state index < -0.39 is 9.84 Å². The Hall–Kier alpha value is -2.66. The minimum absolute atomic E-state index is 0. The molecule has 0 radical (unpaired) electrons. The molecule has 11 heteroatoms. The summed E-state index contributed by atoms with van der Waals surface area (Å²) < 4.78 is 35.2. The van der Waals surface area contributed by atoms with Crippen molar-refractivity contribution in [3.63, 3.8) is 0 Å². The second-order valence-electron chi connectivity index (χ2n) is 7.64. The number of hydrogen-bond acceptors (Lipinski definition) is 8. The van der Waals surface area contributed by atoms with Crippen molar-refractivity contribution < 1.29 is 22.7 Å². The van der Waals surface area contributed by atoms with E-state index in [2.05, 4.69) is 4.98 Å². The quantitative estimate of drug-likeness (QED) is 0.450. The van der Waals surface area contributed by atoms with Crippen LogP contribution in [0.4, 0.5) is 5.13 Å². The van der Waals surface area contributed by atoms with Crippen LogP contribution in [0.1, 0.15) is 5.56 Å². The fourth-order valence-electron chi connectivity index (χ4n) is 3.11. The Morgan fingerprint density at radius 1 is 1.12 bits per heavy atom. The number of hydrogen-bond donors (Lipinski definition) is 0. The first-order valence-corrected chi connectivity index (χ1v) is 12.6. The lowest BCUT2D eigenvalue weighted by Gasteiger charge is -2.20. The molecule has 0 saturated heterocycles. The second kappa shape index (κ2) is 10.1. The predicted molar refractivity (Wildman–Crippen MR) is 132 cm³/mol. The normalized spacial score (nSPS) is 13.0. The van der Waals surface area contributed by atoms with Gasteiger partial charge in [-0.05, 0) is 56.1 Å². The van der Waals surface area contributed by atoms with E-state index in [0.717, 1.165) is 5.56 Å². The number of ether oxygens (including phenoxy) is 2. The molecule has 1 amide bonds. The van der Waals surface area contributed by atoms with E-state index in [1.54, 1.807) is 23.1 Å². The topological polar surface area (TPSA) is 89.0 Å². The number of aromatic nitrogens is 1. The van der Waals surface area contributed by atoms with Crippen LogP contribution < -0.4 is 14.4 Å². The molecule has 2 aromatic carbocycles. The molecule has 8 nitrogen and oxygen atoms in total. The minimum Gasteiger partial charge on any atom is -0.454 e. The molecule has 1 aliphatic rings. The van der Waals surface area contributed by atoms with Gasteiger partial charge in [-0.3, -0.25) is 9.69 Å². The van der Waals surface area contributed by atoms with Crippen molar-refractivity contribution in [2.75, 3.05) is 45.1 Å². The van der Waals surface area contributed by atoms with Crippen LogP contribution in [0, 0.1) is 0 Å². The number of amides is 1. The Balaban J connectivity index is 0.00000306. The highest BCUT2D eigenvalue weighted by molar-refractivity contribution is 7.90. The summed E-state index contributed by atoms with van der Waals surface area (Å²) in [5.74, 6) is 1.12. The van der Waals surface area contributed by atoms with Crippen LogP contribution >= 0.6 is 23.7 Å². The molecule has 4 rings (SSSR count). The van der Waals surface area contributed by atoms with E-state index >= 15 is 0 Å². The van der Waals surface area contributed by atoms with Gasteiger partial charge in [-0.25, -0.2) is 13.4 Å². The van der Waals surface area contributed by atoms with E-state index in [1.807, 2.05) is 37.2 Å². The highest BCUT2D eigenvalue weighted by Gasteiger charge is 2.19. The predicted octanol–water partition coefficient (Wildman–Crippen LogP) is 3.46. The fourth-order valence-corrected chi connectivity index (χ4v) is 4.87. The summed E-state index contributed by atoms with van der Waals surface area (Å²) in [6.07, 6.45) is 4.40. The van der Waals surface area contributed by atoms with Crippen LogP contribution in [0.5, 0.6) is 11.5 Å². The first-order valence-electron chi connectivity index (χ1n) is 9.85. The molecular weight excluding hydrogens is 486 g/mol. The number of benzene rings is 2. The average Bonchev–Trinajstić information content (AvgIpc) is 3.37. The van der Waals surface area contributed by atoms with Gasteiger partial charge in [0.05, 0.1) is 15.1 Å². The number of fused-ring (bicyclic) bond motifs is 2. The lowest BCUT2D eigenvalue weighted by molar-refractivity contribution is -0.114. The lowest BCUT2D eigenvalue weighted by Crippen LogP contribution is -2.35. The van der Waals surface area contributed by atoms with Gasteiger partial charge < -0.3 is 14.4 Å². The minimum atomic E-state index is -3.33. The van der Waals surface area contributed by atoms with Crippen LogP contribution in [0.15, 0.2) is 47.4 Å². The summed E-state index contributed by atoms with van der Waals surface area (Å²) in [6.45, 7) is 1.28. The Morgan fingerprint density at radius 3 is 2.61 bits per heavy atom. The molecule has 3 aromatic rings. The van der Waals surface area contributed by atoms with Gasteiger partial charge in [0.1, 0.15) is 0 Å². The third-order valence-electron chi connectivity index (χ3n) is 4.86. The van der Waals surface area contributed by atoms with Crippen LogP contribution in [0.3, 0.4) is 0 Å². The Labute approximate surface area is 202 Å². The fraction of sp³-hybridized carbons (Fsp3) is 0.273. The maximum Gasteiger partial charge on any atom is 0.252 e. The number of halogens is 1. The van der Waals surface area contributed by atoms with E-state index in [9.17, 15) is 13.2 Å². The number of sulfone groups is 1. The molecule has 0 bridgehead atoms. The van der Waals surface area contributed by atoms with Crippen molar-refractivity contribution >= 4 is 60.9 Å². The second-order valence-corrected chi connectivity index (χ2v) is 10.7. The van der Waals surface area contributed by atoms with Crippen molar-refractivity contribution in [2.45, 2.75) is 4.90 Å². The summed E-state index contributed by atoms with van der Waals surface area (Å²) >= 11 is 1.29. The summed E-state index contributed by atoms with van der Waals surface area (Å²) in [5.41, 5.74) is 1.47. The van der Waals surface area contributed by atoms with E-state index in [1.165, 1.54) is 29.7 Å². The highest BCUT2D eigenvalue weighted by atomic mass is 35.5. The molecule has 1 aliphatic heterocycles. The number of thiazole rings is 1. The monoisotopic (exact) mass is 509 g/mol. The zero-order chi connectivity index (χ0) is 22.9. The summed E-state index contributed by atoms with van der Waals surface area (Å²) in [4.78, 5) is 21.5. The molecule has 0 fully saturated rings. The van der Waals surface area contributed by atoms with Crippen LogP contribution in [0.25, 0.3) is 16.3 Å². The maximum atomic E-state index is 13.1. The van der Waals surface area contributed by atoms with Crippen LogP contribution in [-0.2, 0) is 14.6 Å². The summed E-state index contributed by atoms with van der Waals surface area (Å²) in [6, 6.07) is 10.3. The Kier molecular flexibility index (Phi) is 7.63. The smallest absolute Gasteiger partial charge is 0.252 e. The van der Waals surface area contributed by atoms with Gasteiger partial charge >= 0.3 is 0 Å². The van der Waals surface area contributed by atoms with Crippen molar-refractivity contribution in [2.24, 2.45) is 0 Å². The van der Waals surface area contributed by atoms with Gasteiger partial charge in [0.2, 0.25) is 6.79 Å². The van der Waals surface area contributed by atoms with Gasteiger partial charge in [-0.2, -0.15) is 0 Å². The Morgan fingerprint density at radius 2 is 1.88 bits per heavy atom.